The van der Waals surface area contributed by atoms with Crippen LogP contribution in [0.3, 0.4) is 0 Å². The van der Waals surface area contributed by atoms with Gasteiger partial charge in [-0.05, 0) is 40.3 Å². The van der Waals surface area contributed by atoms with E-state index in [9.17, 15) is 0 Å². The molecule has 0 saturated carbocycles. The van der Waals surface area contributed by atoms with Crippen LogP contribution >= 0.6 is 15.9 Å². The molecule has 0 atom stereocenters. The van der Waals surface area contributed by atoms with Gasteiger partial charge in [-0.1, -0.05) is 61.0 Å². The van der Waals surface area contributed by atoms with Crippen LogP contribution in [0.15, 0.2) is 46.9 Å². The number of ether oxygens (including phenoxy) is 1. The lowest BCUT2D eigenvalue weighted by Crippen LogP contribution is -2.10. The first kappa shape index (κ1) is 14.1. The van der Waals surface area contributed by atoms with Crippen molar-refractivity contribution in [3.63, 3.8) is 0 Å². The average molecular weight is 319 g/mol. The second kappa shape index (κ2) is 5.38. The summed E-state index contributed by atoms with van der Waals surface area (Å²) < 4.78 is 6.33. The van der Waals surface area contributed by atoms with Crippen LogP contribution in [0.1, 0.15) is 26.3 Å². The topological polar surface area (TPSA) is 9.23 Å². The molecule has 0 aliphatic carbocycles. The Balaban J connectivity index is 2.40. The lowest BCUT2D eigenvalue weighted by molar-refractivity contribution is 0.414. The van der Waals surface area contributed by atoms with Gasteiger partial charge in [0.1, 0.15) is 5.75 Å². The summed E-state index contributed by atoms with van der Waals surface area (Å²) in [5.74, 6) is 0.865. The molecule has 0 unspecified atom stereocenters. The summed E-state index contributed by atoms with van der Waals surface area (Å²) in [5.41, 5.74) is 3.89. The van der Waals surface area contributed by atoms with E-state index < -0.39 is 0 Å². The fourth-order valence-corrected chi connectivity index (χ4v) is 2.48. The highest BCUT2D eigenvalue weighted by atomic mass is 79.9. The molecule has 0 aromatic heterocycles. The third-order valence-corrected chi connectivity index (χ3v) is 3.65. The molecule has 0 saturated heterocycles. The number of methoxy groups -OCH3 is 1. The highest BCUT2D eigenvalue weighted by Gasteiger charge is 2.13. The summed E-state index contributed by atoms with van der Waals surface area (Å²) >= 11 is 3.52. The first-order valence-electron chi connectivity index (χ1n) is 6.35. The van der Waals surface area contributed by atoms with Crippen molar-refractivity contribution < 1.29 is 4.74 Å². The Hall–Kier alpha value is -1.28. The Labute approximate surface area is 123 Å². The average Bonchev–Trinajstić information content (AvgIpc) is 2.37. The first-order valence-corrected chi connectivity index (χ1v) is 7.15. The molecule has 0 amide bonds. The molecular weight excluding hydrogens is 300 g/mol. The van der Waals surface area contributed by atoms with Gasteiger partial charge >= 0.3 is 0 Å². The maximum Gasteiger partial charge on any atom is 0.120 e. The van der Waals surface area contributed by atoms with Gasteiger partial charge in [0.2, 0.25) is 0 Å². The molecule has 2 heteroatoms. The molecule has 0 heterocycles. The first-order chi connectivity index (χ1) is 8.90. The molecule has 2 aromatic carbocycles. The zero-order valence-electron chi connectivity index (χ0n) is 11.8. The summed E-state index contributed by atoms with van der Waals surface area (Å²) in [6.07, 6.45) is 0. The Kier molecular flexibility index (Phi) is 4.00. The van der Waals surface area contributed by atoms with E-state index in [1.807, 2.05) is 6.07 Å². The maximum atomic E-state index is 5.31. The van der Waals surface area contributed by atoms with Gasteiger partial charge in [-0.2, -0.15) is 0 Å². The second-order valence-electron chi connectivity index (χ2n) is 5.71. The van der Waals surface area contributed by atoms with Gasteiger partial charge in [-0.3, -0.25) is 0 Å². The molecule has 0 N–H and O–H groups in total. The van der Waals surface area contributed by atoms with E-state index in [0.29, 0.717) is 0 Å². The quantitative estimate of drug-likeness (QED) is 0.718. The van der Waals surface area contributed by atoms with Gasteiger partial charge < -0.3 is 4.74 Å². The molecule has 0 radical (unpaired) electrons. The van der Waals surface area contributed by atoms with Crippen molar-refractivity contribution in [2.75, 3.05) is 7.11 Å². The van der Waals surface area contributed by atoms with Crippen molar-refractivity contribution in [1.29, 1.82) is 0 Å². The zero-order valence-corrected chi connectivity index (χ0v) is 13.4. The number of halogens is 1. The molecule has 0 spiro atoms. The van der Waals surface area contributed by atoms with Crippen molar-refractivity contribution >= 4 is 15.9 Å². The minimum Gasteiger partial charge on any atom is -0.497 e. The second-order valence-corrected chi connectivity index (χ2v) is 6.62. The van der Waals surface area contributed by atoms with Gasteiger partial charge in [0.25, 0.3) is 0 Å². The Bertz CT molecular complexity index is 565. The van der Waals surface area contributed by atoms with Crippen molar-refractivity contribution in [2.24, 2.45) is 0 Å². The van der Waals surface area contributed by atoms with Crippen LogP contribution in [0.2, 0.25) is 0 Å². The van der Waals surface area contributed by atoms with Crippen LogP contribution in [0.25, 0.3) is 11.1 Å². The summed E-state index contributed by atoms with van der Waals surface area (Å²) in [6, 6.07) is 14.9. The number of hydrogen-bond acceptors (Lipinski definition) is 1. The molecule has 0 aliphatic heterocycles. The molecule has 0 fully saturated rings. The van der Waals surface area contributed by atoms with E-state index in [1.165, 1.54) is 11.1 Å². The van der Waals surface area contributed by atoms with Crippen LogP contribution in [0.5, 0.6) is 5.75 Å². The zero-order chi connectivity index (χ0) is 14.0. The maximum absolute atomic E-state index is 5.31. The molecule has 2 rings (SSSR count). The van der Waals surface area contributed by atoms with Crippen LogP contribution in [-0.2, 0) is 5.41 Å². The standard InChI is InChI=1S/C17H19BrO/c1-17(2,3)14-7-5-12(6-8-14)13-9-15(18)11-16(10-13)19-4/h5-11H,1-4H3. The molecule has 2 aromatic rings. The molecular formula is C17H19BrO. The van der Waals surface area contributed by atoms with Crippen LogP contribution in [0, 0.1) is 0 Å². The van der Waals surface area contributed by atoms with E-state index in [2.05, 4.69) is 73.1 Å². The van der Waals surface area contributed by atoms with Gasteiger partial charge in [0.15, 0.2) is 0 Å². The number of rotatable bonds is 2. The highest BCUT2D eigenvalue weighted by molar-refractivity contribution is 9.10. The smallest absolute Gasteiger partial charge is 0.120 e. The fourth-order valence-electron chi connectivity index (χ4n) is 2.01. The summed E-state index contributed by atoms with van der Waals surface area (Å²) in [4.78, 5) is 0. The van der Waals surface area contributed by atoms with Crippen molar-refractivity contribution in [1.82, 2.24) is 0 Å². The number of benzene rings is 2. The van der Waals surface area contributed by atoms with Gasteiger partial charge in [0, 0.05) is 4.47 Å². The predicted octanol–water partition coefficient (Wildman–Crippen LogP) is 5.42. The Morgan fingerprint density at radius 2 is 1.53 bits per heavy atom. The van der Waals surface area contributed by atoms with E-state index in [0.717, 1.165) is 15.8 Å². The summed E-state index contributed by atoms with van der Waals surface area (Å²) in [6.45, 7) is 6.68. The molecule has 19 heavy (non-hydrogen) atoms. The molecule has 100 valence electrons. The van der Waals surface area contributed by atoms with Gasteiger partial charge in [-0.25, -0.2) is 0 Å². The minimum absolute atomic E-state index is 0.188. The summed E-state index contributed by atoms with van der Waals surface area (Å²) in [5, 5.41) is 0. The molecule has 0 bridgehead atoms. The minimum atomic E-state index is 0.188. The van der Waals surface area contributed by atoms with Gasteiger partial charge in [-0.15, -0.1) is 0 Å². The van der Waals surface area contributed by atoms with E-state index in [4.69, 9.17) is 4.74 Å². The van der Waals surface area contributed by atoms with Crippen LogP contribution in [-0.4, -0.2) is 7.11 Å². The monoisotopic (exact) mass is 318 g/mol. The van der Waals surface area contributed by atoms with Crippen molar-refractivity contribution in [2.45, 2.75) is 26.2 Å². The largest absolute Gasteiger partial charge is 0.497 e. The fraction of sp³-hybridized carbons (Fsp3) is 0.294. The Morgan fingerprint density at radius 3 is 2.05 bits per heavy atom. The summed E-state index contributed by atoms with van der Waals surface area (Å²) in [7, 11) is 1.69. The Morgan fingerprint density at radius 1 is 0.895 bits per heavy atom. The van der Waals surface area contributed by atoms with Crippen molar-refractivity contribution in [3.05, 3.63) is 52.5 Å². The predicted molar refractivity (Wildman–Crippen MR) is 84.8 cm³/mol. The van der Waals surface area contributed by atoms with Crippen LogP contribution in [0.4, 0.5) is 0 Å². The van der Waals surface area contributed by atoms with Crippen molar-refractivity contribution in [3.8, 4) is 16.9 Å². The van der Waals surface area contributed by atoms with Crippen LogP contribution < -0.4 is 4.74 Å². The highest BCUT2D eigenvalue weighted by Crippen LogP contribution is 2.30. The third kappa shape index (κ3) is 3.38. The van der Waals surface area contributed by atoms with Gasteiger partial charge in [0.05, 0.1) is 7.11 Å². The molecule has 0 aliphatic rings. The molecule has 1 nitrogen and oxygen atoms in total. The lowest BCUT2D eigenvalue weighted by Gasteiger charge is -2.19. The number of hydrogen-bond donors (Lipinski definition) is 0. The normalized spacial score (nSPS) is 11.4. The van der Waals surface area contributed by atoms with E-state index in [-0.39, 0.29) is 5.41 Å². The SMILES string of the molecule is COc1cc(Br)cc(-c2ccc(C(C)(C)C)cc2)c1. The van der Waals surface area contributed by atoms with E-state index in [1.54, 1.807) is 7.11 Å². The third-order valence-electron chi connectivity index (χ3n) is 3.19. The van der Waals surface area contributed by atoms with E-state index >= 15 is 0 Å². The lowest BCUT2D eigenvalue weighted by atomic mass is 9.86.